The first kappa shape index (κ1) is 23.3. The maximum atomic E-state index is 14.1. The van der Waals surface area contributed by atoms with Gasteiger partial charge in [0.2, 0.25) is 0 Å². The lowest BCUT2D eigenvalue weighted by atomic mass is 10.0. The van der Waals surface area contributed by atoms with Gasteiger partial charge in [0.25, 0.3) is 5.91 Å². The summed E-state index contributed by atoms with van der Waals surface area (Å²) in [6.07, 6.45) is 0.137. The fourth-order valence-electron chi connectivity index (χ4n) is 3.72. The van der Waals surface area contributed by atoms with Crippen LogP contribution in [0, 0.1) is 18.2 Å². The number of phenols is 1. The third-order valence-electron chi connectivity index (χ3n) is 5.36. The Morgan fingerprint density at radius 2 is 1.91 bits per heavy atom. The van der Waals surface area contributed by atoms with Crippen LogP contribution < -0.4 is 5.32 Å². The van der Waals surface area contributed by atoms with Crippen LogP contribution in [0.3, 0.4) is 0 Å². The second kappa shape index (κ2) is 9.57. The average molecular weight is 477 g/mol. The van der Waals surface area contributed by atoms with Gasteiger partial charge in [0.1, 0.15) is 11.6 Å². The first-order chi connectivity index (χ1) is 16.2. The van der Waals surface area contributed by atoms with Gasteiger partial charge in [-0.05, 0) is 49.7 Å². The molecule has 1 aromatic heterocycles. The maximum Gasteiger partial charge on any atom is 0.255 e. The number of fused-ring (bicyclic) bond motifs is 1. The number of nitrogens with zero attached hydrogens (tertiary/aromatic N) is 2. The van der Waals surface area contributed by atoms with E-state index in [9.17, 15) is 14.3 Å². The fourth-order valence-corrected chi connectivity index (χ4v) is 3.97. The van der Waals surface area contributed by atoms with E-state index in [1.165, 1.54) is 18.2 Å². The fraction of sp³-hybridized carbons (Fsp3) is 0.154. The van der Waals surface area contributed by atoms with E-state index in [2.05, 4.69) is 15.3 Å². The lowest BCUT2D eigenvalue weighted by molar-refractivity contribution is 0.0937. The zero-order valence-electron chi connectivity index (χ0n) is 18.6. The van der Waals surface area contributed by atoms with Crippen molar-refractivity contribution in [2.45, 2.75) is 26.3 Å². The van der Waals surface area contributed by atoms with Crippen molar-refractivity contribution in [3.8, 4) is 17.1 Å². The van der Waals surface area contributed by atoms with Gasteiger partial charge < -0.3 is 15.8 Å². The highest BCUT2D eigenvalue weighted by Crippen LogP contribution is 2.29. The van der Waals surface area contributed by atoms with Crippen LogP contribution in [0.25, 0.3) is 22.3 Å². The molecule has 4 aromatic rings. The number of carbonyl (C=O) groups excluding carboxylic acids is 1. The number of aryl methyl sites for hydroxylation is 1. The Labute approximate surface area is 201 Å². The molecule has 0 spiro atoms. The minimum absolute atomic E-state index is 0.0178. The van der Waals surface area contributed by atoms with Gasteiger partial charge in [-0.15, -0.1) is 0 Å². The predicted octanol–water partition coefficient (Wildman–Crippen LogP) is 5.68. The van der Waals surface area contributed by atoms with Gasteiger partial charge in [0.15, 0.2) is 5.82 Å². The number of rotatable bonds is 6. The molecule has 0 aliphatic rings. The molecule has 0 aliphatic carbocycles. The van der Waals surface area contributed by atoms with Gasteiger partial charge in [0, 0.05) is 17.8 Å². The molecule has 8 heteroatoms. The summed E-state index contributed by atoms with van der Waals surface area (Å²) < 4.78 is 14.1. The highest BCUT2D eigenvalue weighted by Gasteiger charge is 2.21. The summed E-state index contributed by atoms with van der Waals surface area (Å²) in [5.41, 5.74) is 2.42. The molecular formula is C26H22ClFN4O2. The standard InChI is InChI=1S/C26H22ClFN4O2/c1-14-10-11-16-21(12-14)31-25(17-6-3-4-9-22(17)33)32-24(16)20(29)13-15(2)30-26(34)23-18(27)7-5-8-19(23)28/h3-12,15,29,33H,13H2,1-2H3,(H,30,34)/t15-/m1/s1. The molecule has 1 amide bonds. The molecule has 34 heavy (non-hydrogen) atoms. The number of aromatic nitrogens is 2. The quantitative estimate of drug-likeness (QED) is 0.312. The van der Waals surface area contributed by atoms with E-state index < -0.39 is 17.8 Å². The van der Waals surface area contributed by atoms with E-state index >= 15 is 0 Å². The second-order valence-corrected chi connectivity index (χ2v) is 8.49. The smallest absolute Gasteiger partial charge is 0.255 e. The zero-order chi connectivity index (χ0) is 24.4. The van der Waals surface area contributed by atoms with E-state index in [0.29, 0.717) is 28.0 Å². The minimum atomic E-state index is -0.711. The summed E-state index contributed by atoms with van der Waals surface area (Å²) in [5, 5.41) is 22.4. The molecule has 1 atom stereocenters. The third-order valence-corrected chi connectivity index (χ3v) is 5.68. The van der Waals surface area contributed by atoms with Crippen LogP contribution >= 0.6 is 11.6 Å². The number of hydrogen-bond acceptors (Lipinski definition) is 5. The number of phenolic OH excluding ortho intramolecular Hbond substituents is 1. The topological polar surface area (TPSA) is 99.0 Å². The average Bonchev–Trinajstić information content (AvgIpc) is 2.78. The SMILES string of the molecule is Cc1ccc2c(C(=N)C[C@@H](C)NC(=O)c3c(F)cccc3Cl)nc(-c3ccccc3O)nc2c1. The number of halogens is 2. The number of para-hydroxylation sites is 1. The summed E-state index contributed by atoms with van der Waals surface area (Å²) in [5.74, 6) is -1.03. The molecule has 0 unspecified atom stereocenters. The lowest BCUT2D eigenvalue weighted by Crippen LogP contribution is -2.35. The van der Waals surface area contributed by atoms with Gasteiger partial charge in [0.05, 0.1) is 33.1 Å². The molecule has 4 rings (SSSR count). The van der Waals surface area contributed by atoms with Crippen LogP contribution in [0.2, 0.25) is 5.02 Å². The van der Waals surface area contributed by atoms with Crippen LogP contribution in [-0.4, -0.2) is 32.7 Å². The van der Waals surface area contributed by atoms with Crippen LogP contribution in [0.15, 0.2) is 60.7 Å². The molecule has 1 heterocycles. The Bertz CT molecular complexity index is 1400. The van der Waals surface area contributed by atoms with Gasteiger partial charge >= 0.3 is 0 Å². The van der Waals surface area contributed by atoms with Crippen LogP contribution in [0.4, 0.5) is 4.39 Å². The van der Waals surface area contributed by atoms with Crippen molar-refractivity contribution in [3.63, 3.8) is 0 Å². The van der Waals surface area contributed by atoms with Crippen LogP contribution in [0.5, 0.6) is 5.75 Å². The first-order valence-electron chi connectivity index (χ1n) is 10.6. The number of amides is 1. The minimum Gasteiger partial charge on any atom is -0.507 e. The van der Waals surface area contributed by atoms with Crippen molar-refractivity contribution in [3.05, 3.63) is 88.3 Å². The monoisotopic (exact) mass is 476 g/mol. The highest BCUT2D eigenvalue weighted by atomic mass is 35.5. The van der Waals surface area contributed by atoms with E-state index in [1.807, 2.05) is 25.1 Å². The molecule has 0 saturated carbocycles. The van der Waals surface area contributed by atoms with E-state index in [4.69, 9.17) is 17.0 Å². The molecule has 0 bridgehead atoms. The number of hydrogen-bond donors (Lipinski definition) is 3. The van der Waals surface area contributed by atoms with Gasteiger partial charge in [-0.3, -0.25) is 4.79 Å². The van der Waals surface area contributed by atoms with E-state index in [0.717, 1.165) is 5.56 Å². The Morgan fingerprint density at radius 3 is 2.65 bits per heavy atom. The predicted molar refractivity (Wildman–Crippen MR) is 131 cm³/mol. The van der Waals surface area contributed by atoms with Crippen molar-refractivity contribution < 1.29 is 14.3 Å². The molecule has 0 radical (unpaired) electrons. The van der Waals surface area contributed by atoms with Gasteiger partial charge in [-0.2, -0.15) is 0 Å². The molecule has 6 nitrogen and oxygen atoms in total. The Hall–Kier alpha value is -3.84. The molecule has 0 fully saturated rings. The maximum absolute atomic E-state index is 14.1. The molecular weight excluding hydrogens is 455 g/mol. The second-order valence-electron chi connectivity index (χ2n) is 8.09. The number of carbonyl (C=O) groups is 1. The van der Waals surface area contributed by atoms with Crippen molar-refractivity contribution in [1.29, 1.82) is 5.41 Å². The Morgan fingerprint density at radius 1 is 1.15 bits per heavy atom. The normalized spacial score (nSPS) is 11.9. The van der Waals surface area contributed by atoms with Crippen molar-refractivity contribution in [2.24, 2.45) is 0 Å². The Kier molecular flexibility index (Phi) is 6.56. The van der Waals surface area contributed by atoms with Crippen molar-refractivity contribution >= 4 is 34.1 Å². The lowest BCUT2D eigenvalue weighted by Gasteiger charge is -2.17. The zero-order valence-corrected chi connectivity index (χ0v) is 19.3. The number of benzene rings is 3. The summed E-state index contributed by atoms with van der Waals surface area (Å²) in [6.45, 7) is 3.66. The van der Waals surface area contributed by atoms with Gasteiger partial charge in [-0.1, -0.05) is 41.9 Å². The highest BCUT2D eigenvalue weighted by molar-refractivity contribution is 6.33. The number of nitrogens with one attached hydrogen (secondary N) is 2. The summed E-state index contributed by atoms with van der Waals surface area (Å²) in [4.78, 5) is 21.8. The van der Waals surface area contributed by atoms with Gasteiger partial charge in [-0.25, -0.2) is 14.4 Å². The molecule has 3 aromatic carbocycles. The summed E-state index contributed by atoms with van der Waals surface area (Å²) in [6, 6.07) is 15.9. The third kappa shape index (κ3) is 4.75. The van der Waals surface area contributed by atoms with Crippen LogP contribution in [-0.2, 0) is 0 Å². The first-order valence-corrected chi connectivity index (χ1v) is 11.0. The molecule has 3 N–H and O–H groups in total. The van der Waals surface area contributed by atoms with Crippen LogP contribution in [0.1, 0.15) is 35.0 Å². The van der Waals surface area contributed by atoms with Crippen molar-refractivity contribution in [1.82, 2.24) is 15.3 Å². The number of aromatic hydroxyl groups is 1. The molecule has 0 aliphatic heterocycles. The largest absolute Gasteiger partial charge is 0.507 e. The summed E-state index contributed by atoms with van der Waals surface area (Å²) >= 11 is 6.00. The van der Waals surface area contributed by atoms with E-state index in [1.54, 1.807) is 31.2 Å². The summed E-state index contributed by atoms with van der Waals surface area (Å²) in [7, 11) is 0. The Balaban J connectivity index is 1.65. The molecule has 172 valence electrons. The van der Waals surface area contributed by atoms with Crippen molar-refractivity contribution in [2.75, 3.05) is 0 Å². The van der Waals surface area contributed by atoms with E-state index in [-0.39, 0.29) is 28.5 Å². The molecule has 0 saturated heterocycles.